The summed E-state index contributed by atoms with van der Waals surface area (Å²) in [6, 6.07) is 5.12. The Hall–Kier alpha value is -0.640. The average Bonchev–Trinajstić information content (AvgIpc) is 2.22. The second-order valence-corrected chi connectivity index (χ2v) is 4.73. The lowest BCUT2D eigenvalue weighted by atomic mass is 10.1. The van der Waals surface area contributed by atoms with Crippen LogP contribution in [0.15, 0.2) is 18.2 Å². The highest BCUT2D eigenvalue weighted by Crippen LogP contribution is 2.19. The minimum absolute atomic E-state index is 0.276. The third-order valence-electron chi connectivity index (χ3n) is 2.86. The number of benzene rings is 1. The van der Waals surface area contributed by atoms with E-state index in [1.165, 1.54) is 12.1 Å². The summed E-state index contributed by atoms with van der Waals surface area (Å²) in [7, 11) is 0. The molecule has 88 valence electrons. The van der Waals surface area contributed by atoms with Gasteiger partial charge in [-0.05, 0) is 24.6 Å². The SMILES string of the molecule is CC1CN(Cc2ccc(F)cc2Cl)CCN1. The van der Waals surface area contributed by atoms with E-state index in [9.17, 15) is 4.39 Å². The Bertz CT molecular complexity index is 370. The topological polar surface area (TPSA) is 15.3 Å². The van der Waals surface area contributed by atoms with Gasteiger partial charge in [0.2, 0.25) is 0 Å². The molecule has 1 aliphatic heterocycles. The molecule has 0 aromatic heterocycles. The zero-order valence-corrected chi connectivity index (χ0v) is 10.1. The van der Waals surface area contributed by atoms with Crippen molar-refractivity contribution in [1.29, 1.82) is 0 Å². The number of nitrogens with zero attached hydrogens (tertiary/aromatic N) is 1. The van der Waals surface area contributed by atoms with Crippen LogP contribution in [0.1, 0.15) is 12.5 Å². The lowest BCUT2D eigenvalue weighted by Crippen LogP contribution is -2.48. The monoisotopic (exact) mass is 242 g/mol. The van der Waals surface area contributed by atoms with Gasteiger partial charge in [-0.25, -0.2) is 4.39 Å². The molecule has 0 spiro atoms. The van der Waals surface area contributed by atoms with Gasteiger partial charge in [-0.3, -0.25) is 4.90 Å². The van der Waals surface area contributed by atoms with Gasteiger partial charge in [0.15, 0.2) is 0 Å². The summed E-state index contributed by atoms with van der Waals surface area (Å²) in [6.45, 7) is 5.98. The summed E-state index contributed by atoms with van der Waals surface area (Å²) in [5.74, 6) is -0.276. The molecular weight excluding hydrogens is 227 g/mol. The molecule has 1 fully saturated rings. The summed E-state index contributed by atoms with van der Waals surface area (Å²) in [4.78, 5) is 2.33. The summed E-state index contributed by atoms with van der Waals surface area (Å²) in [6.07, 6.45) is 0. The van der Waals surface area contributed by atoms with E-state index < -0.39 is 0 Å². The molecule has 1 heterocycles. The highest BCUT2D eigenvalue weighted by molar-refractivity contribution is 6.31. The van der Waals surface area contributed by atoms with Crippen molar-refractivity contribution in [2.75, 3.05) is 19.6 Å². The summed E-state index contributed by atoms with van der Waals surface area (Å²) in [5.41, 5.74) is 0.997. The van der Waals surface area contributed by atoms with Gasteiger partial charge in [-0.1, -0.05) is 17.7 Å². The number of halogens is 2. The van der Waals surface area contributed by atoms with Crippen molar-refractivity contribution in [3.8, 4) is 0 Å². The summed E-state index contributed by atoms with van der Waals surface area (Å²) in [5, 5.41) is 3.91. The number of hydrogen-bond donors (Lipinski definition) is 1. The molecule has 1 unspecified atom stereocenters. The zero-order valence-electron chi connectivity index (χ0n) is 9.34. The quantitative estimate of drug-likeness (QED) is 0.856. The molecule has 1 atom stereocenters. The Labute approximate surface area is 100 Å². The molecule has 0 radical (unpaired) electrons. The minimum Gasteiger partial charge on any atom is -0.312 e. The van der Waals surface area contributed by atoms with Gasteiger partial charge in [-0.15, -0.1) is 0 Å². The Morgan fingerprint density at radius 1 is 1.56 bits per heavy atom. The van der Waals surface area contributed by atoms with Crippen LogP contribution in [0.2, 0.25) is 5.02 Å². The Balaban J connectivity index is 2.02. The van der Waals surface area contributed by atoms with Crippen molar-refractivity contribution >= 4 is 11.6 Å². The van der Waals surface area contributed by atoms with Crippen LogP contribution in [0, 0.1) is 5.82 Å². The molecular formula is C12H16ClFN2. The van der Waals surface area contributed by atoms with E-state index in [2.05, 4.69) is 17.1 Å². The molecule has 1 N–H and O–H groups in total. The Kier molecular flexibility index (Phi) is 3.79. The highest BCUT2D eigenvalue weighted by Gasteiger charge is 2.16. The third kappa shape index (κ3) is 2.94. The summed E-state index contributed by atoms with van der Waals surface area (Å²) >= 11 is 6.00. The van der Waals surface area contributed by atoms with Gasteiger partial charge >= 0.3 is 0 Å². The molecule has 2 nitrogen and oxygen atoms in total. The van der Waals surface area contributed by atoms with Gasteiger partial charge in [-0.2, -0.15) is 0 Å². The fraction of sp³-hybridized carbons (Fsp3) is 0.500. The molecule has 0 aliphatic carbocycles. The Morgan fingerprint density at radius 2 is 2.38 bits per heavy atom. The van der Waals surface area contributed by atoms with Crippen molar-refractivity contribution in [1.82, 2.24) is 10.2 Å². The lowest BCUT2D eigenvalue weighted by molar-refractivity contribution is 0.199. The molecule has 4 heteroatoms. The lowest BCUT2D eigenvalue weighted by Gasteiger charge is -2.32. The van der Waals surface area contributed by atoms with Crippen LogP contribution in [-0.2, 0) is 6.54 Å². The maximum absolute atomic E-state index is 12.9. The van der Waals surface area contributed by atoms with E-state index in [0.717, 1.165) is 31.7 Å². The van der Waals surface area contributed by atoms with Gasteiger partial charge in [0, 0.05) is 37.2 Å². The number of nitrogens with one attached hydrogen (secondary N) is 1. The van der Waals surface area contributed by atoms with Crippen molar-refractivity contribution in [2.45, 2.75) is 19.5 Å². The zero-order chi connectivity index (χ0) is 11.5. The largest absolute Gasteiger partial charge is 0.312 e. The Morgan fingerprint density at radius 3 is 3.06 bits per heavy atom. The average molecular weight is 243 g/mol. The first-order valence-corrected chi connectivity index (χ1v) is 5.92. The van der Waals surface area contributed by atoms with Gasteiger partial charge in [0.05, 0.1) is 0 Å². The van der Waals surface area contributed by atoms with Crippen LogP contribution < -0.4 is 5.32 Å². The molecule has 1 saturated heterocycles. The molecule has 1 aromatic rings. The number of rotatable bonds is 2. The second kappa shape index (κ2) is 5.13. The first kappa shape index (κ1) is 11.8. The fourth-order valence-electron chi connectivity index (χ4n) is 2.05. The summed E-state index contributed by atoms with van der Waals surface area (Å²) < 4.78 is 12.9. The van der Waals surface area contributed by atoms with E-state index in [1.807, 2.05) is 0 Å². The molecule has 0 saturated carbocycles. The standard InChI is InChI=1S/C12H16ClFN2/c1-9-7-16(5-4-15-9)8-10-2-3-11(14)6-12(10)13/h2-3,6,9,15H,4-5,7-8H2,1H3. The van der Waals surface area contributed by atoms with Crippen molar-refractivity contribution in [2.24, 2.45) is 0 Å². The third-order valence-corrected chi connectivity index (χ3v) is 3.21. The van der Waals surface area contributed by atoms with Crippen LogP contribution >= 0.6 is 11.6 Å². The maximum atomic E-state index is 12.9. The normalized spacial score (nSPS) is 22.3. The van der Waals surface area contributed by atoms with Gasteiger partial charge in [0.1, 0.15) is 5.82 Å². The van der Waals surface area contributed by atoms with Crippen LogP contribution in [0.4, 0.5) is 4.39 Å². The van der Waals surface area contributed by atoms with E-state index >= 15 is 0 Å². The van der Waals surface area contributed by atoms with E-state index in [-0.39, 0.29) is 5.82 Å². The number of piperazine rings is 1. The molecule has 0 bridgehead atoms. The van der Waals surface area contributed by atoms with Gasteiger partial charge in [0.25, 0.3) is 0 Å². The van der Waals surface area contributed by atoms with E-state index in [4.69, 9.17) is 11.6 Å². The molecule has 16 heavy (non-hydrogen) atoms. The first-order valence-electron chi connectivity index (χ1n) is 5.55. The van der Waals surface area contributed by atoms with Crippen molar-refractivity contribution < 1.29 is 4.39 Å². The second-order valence-electron chi connectivity index (χ2n) is 4.33. The smallest absolute Gasteiger partial charge is 0.124 e. The predicted molar refractivity (Wildman–Crippen MR) is 64.2 cm³/mol. The van der Waals surface area contributed by atoms with Crippen molar-refractivity contribution in [3.63, 3.8) is 0 Å². The molecule has 0 amide bonds. The molecule has 1 aliphatic rings. The van der Waals surface area contributed by atoms with Crippen LogP contribution in [0.3, 0.4) is 0 Å². The predicted octanol–water partition coefficient (Wildman–Crippen LogP) is 2.27. The van der Waals surface area contributed by atoms with Crippen LogP contribution in [0.5, 0.6) is 0 Å². The molecule has 2 rings (SSSR count). The first-order chi connectivity index (χ1) is 7.65. The van der Waals surface area contributed by atoms with Gasteiger partial charge < -0.3 is 5.32 Å². The minimum atomic E-state index is -0.276. The fourth-order valence-corrected chi connectivity index (χ4v) is 2.27. The highest BCUT2D eigenvalue weighted by atomic mass is 35.5. The van der Waals surface area contributed by atoms with Crippen LogP contribution in [0.25, 0.3) is 0 Å². The van der Waals surface area contributed by atoms with E-state index in [1.54, 1.807) is 6.07 Å². The van der Waals surface area contributed by atoms with E-state index in [0.29, 0.717) is 11.1 Å². The molecule has 1 aromatic carbocycles. The van der Waals surface area contributed by atoms with Crippen LogP contribution in [-0.4, -0.2) is 30.6 Å². The maximum Gasteiger partial charge on any atom is 0.124 e. The number of hydrogen-bond acceptors (Lipinski definition) is 2. The van der Waals surface area contributed by atoms with Crippen molar-refractivity contribution in [3.05, 3.63) is 34.6 Å².